The molecule has 8 heteroatoms. The lowest BCUT2D eigenvalue weighted by atomic mass is 9.86. The highest BCUT2D eigenvalue weighted by Gasteiger charge is 2.20. The largest absolute Gasteiger partial charge is 0.367 e. The number of aromatic nitrogens is 2. The predicted octanol–water partition coefficient (Wildman–Crippen LogP) is 5.62. The fraction of sp³-hybridized carbons (Fsp3) is 0.333. The van der Waals surface area contributed by atoms with Crippen LogP contribution in [-0.4, -0.2) is 22.6 Å². The second kappa shape index (κ2) is 10.2. The number of hydrogen-bond acceptors (Lipinski definition) is 5. The van der Waals surface area contributed by atoms with Crippen LogP contribution >= 0.6 is 11.6 Å². The first-order valence-electron chi connectivity index (χ1n) is 10.8. The van der Waals surface area contributed by atoms with Crippen molar-refractivity contribution in [1.29, 1.82) is 0 Å². The molecular weight excluding hydrogens is 432 g/mol. The molecular formula is C24H26ClF2N5. The maximum absolute atomic E-state index is 13.4. The van der Waals surface area contributed by atoms with Crippen LogP contribution in [0.4, 0.5) is 20.4 Å². The Morgan fingerprint density at radius 1 is 0.969 bits per heavy atom. The Morgan fingerprint density at radius 2 is 1.72 bits per heavy atom. The standard InChI is InChI=1S/C24H26ClF2N5/c25-22-14-31-24(32-20-3-1-15(12-28)2-4-20)11-21(22)17-5-6-29-23(9-17)30-13-16-7-18(26)10-19(27)8-16/h5-11,14-15,20H,1-4,12-13,28H2,(H,29,30)(H,31,32)/t15-,20-. The van der Waals surface area contributed by atoms with E-state index in [0.29, 0.717) is 28.4 Å². The van der Waals surface area contributed by atoms with Crippen molar-refractivity contribution in [1.82, 2.24) is 9.97 Å². The van der Waals surface area contributed by atoms with Crippen molar-refractivity contribution < 1.29 is 8.78 Å². The van der Waals surface area contributed by atoms with E-state index in [4.69, 9.17) is 17.3 Å². The zero-order valence-electron chi connectivity index (χ0n) is 17.6. The summed E-state index contributed by atoms with van der Waals surface area (Å²) in [6.45, 7) is 0.996. The van der Waals surface area contributed by atoms with Gasteiger partial charge in [-0.15, -0.1) is 0 Å². The van der Waals surface area contributed by atoms with Crippen LogP contribution in [0.5, 0.6) is 0 Å². The first-order chi connectivity index (χ1) is 15.5. The molecule has 0 radical (unpaired) electrons. The first kappa shape index (κ1) is 22.4. The normalized spacial score (nSPS) is 18.4. The predicted molar refractivity (Wildman–Crippen MR) is 125 cm³/mol. The number of nitrogens with one attached hydrogen (secondary N) is 2. The molecule has 0 saturated heterocycles. The van der Waals surface area contributed by atoms with E-state index < -0.39 is 11.6 Å². The average molecular weight is 458 g/mol. The molecule has 5 nitrogen and oxygen atoms in total. The third-order valence-electron chi connectivity index (χ3n) is 5.85. The monoisotopic (exact) mass is 457 g/mol. The molecule has 2 aromatic heterocycles. The van der Waals surface area contributed by atoms with Gasteiger partial charge in [0.1, 0.15) is 23.3 Å². The van der Waals surface area contributed by atoms with Gasteiger partial charge in [-0.1, -0.05) is 11.6 Å². The summed E-state index contributed by atoms with van der Waals surface area (Å²) in [6.07, 6.45) is 7.72. The second-order valence-corrected chi connectivity index (χ2v) is 8.62. The second-order valence-electron chi connectivity index (χ2n) is 8.21. The van der Waals surface area contributed by atoms with Crippen LogP contribution in [-0.2, 0) is 6.54 Å². The van der Waals surface area contributed by atoms with Gasteiger partial charge in [0.25, 0.3) is 0 Å². The zero-order valence-corrected chi connectivity index (χ0v) is 18.4. The van der Waals surface area contributed by atoms with E-state index in [9.17, 15) is 8.78 Å². The van der Waals surface area contributed by atoms with Crippen LogP contribution < -0.4 is 16.4 Å². The van der Waals surface area contributed by atoms with E-state index >= 15 is 0 Å². The third-order valence-corrected chi connectivity index (χ3v) is 6.16. The molecule has 4 rings (SSSR count). The molecule has 0 aliphatic heterocycles. The summed E-state index contributed by atoms with van der Waals surface area (Å²) in [5.41, 5.74) is 7.99. The molecule has 0 amide bonds. The average Bonchev–Trinajstić information content (AvgIpc) is 2.79. The Labute approximate surface area is 191 Å². The highest BCUT2D eigenvalue weighted by Crippen LogP contribution is 2.32. The van der Waals surface area contributed by atoms with Gasteiger partial charge >= 0.3 is 0 Å². The Kier molecular flexibility index (Phi) is 7.17. The molecule has 1 saturated carbocycles. The molecule has 0 bridgehead atoms. The van der Waals surface area contributed by atoms with Gasteiger partial charge in [-0.05, 0) is 79.6 Å². The van der Waals surface area contributed by atoms with Crippen LogP contribution in [0.15, 0.2) is 48.8 Å². The van der Waals surface area contributed by atoms with E-state index in [2.05, 4.69) is 20.6 Å². The molecule has 0 unspecified atom stereocenters. The molecule has 3 aromatic rings. The number of benzene rings is 1. The Bertz CT molecular complexity index is 1050. The Morgan fingerprint density at radius 3 is 2.44 bits per heavy atom. The molecule has 2 heterocycles. The van der Waals surface area contributed by atoms with Crippen LogP contribution in [0.1, 0.15) is 31.2 Å². The molecule has 1 aliphatic rings. The van der Waals surface area contributed by atoms with Crippen molar-refractivity contribution in [3.8, 4) is 11.1 Å². The van der Waals surface area contributed by atoms with E-state index in [1.807, 2.05) is 18.2 Å². The highest BCUT2D eigenvalue weighted by atomic mass is 35.5. The fourth-order valence-corrected chi connectivity index (χ4v) is 4.30. The molecule has 4 N–H and O–H groups in total. The molecule has 1 fully saturated rings. The summed E-state index contributed by atoms with van der Waals surface area (Å²) in [5.74, 6) is 0.762. The molecule has 168 valence electrons. The van der Waals surface area contributed by atoms with Crippen molar-refractivity contribution in [2.75, 3.05) is 17.2 Å². The van der Waals surface area contributed by atoms with Gasteiger partial charge in [-0.25, -0.2) is 18.7 Å². The van der Waals surface area contributed by atoms with Gasteiger partial charge in [0.15, 0.2) is 0 Å². The minimum atomic E-state index is -0.608. The minimum Gasteiger partial charge on any atom is -0.367 e. The molecule has 1 aliphatic carbocycles. The molecule has 0 atom stereocenters. The summed E-state index contributed by atoms with van der Waals surface area (Å²) in [6, 6.07) is 9.47. The highest BCUT2D eigenvalue weighted by molar-refractivity contribution is 6.33. The van der Waals surface area contributed by atoms with Gasteiger partial charge in [0, 0.05) is 36.6 Å². The van der Waals surface area contributed by atoms with Gasteiger partial charge in [0.05, 0.1) is 5.02 Å². The lowest BCUT2D eigenvalue weighted by Crippen LogP contribution is -2.29. The summed E-state index contributed by atoms with van der Waals surface area (Å²) in [4.78, 5) is 8.75. The zero-order chi connectivity index (χ0) is 22.5. The van der Waals surface area contributed by atoms with E-state index in [-0.39, 0.29) is 6.54 Å². The quantitative estimate of drug-likeness (QED) is 0.429. The Balaban J connectivity index is 1.46. The smallest absolute Gasteiger partial charge is 0.126 e. The fourth-order valence-electron chi connectivity index (χ4n) is 4.09. The number of pyridine rings is 2. The van der Waals surface area contributed by atoms with Gasteiger partial charge in [-0.3, -0.25) is 0 Å². The minimum absolute atomic E-state index is 0.244. The number of rotatable bonds is 7. The lowest BCUT2D eigenvalue weighted by molar-refractivity contribution is 0.344. The number of nitrogens with two attached hydrogens (primary N) is 1. The summed E-state index contributed by atoms with van der Waals surface area (Å²) in [5, 5.41) is 7.16. The summed E-state index contributed by atoms with van der Waals surface area (Å²) < 4.78 is 26.8. The van der Waals surface area contributed by atoms with Crippen molar-refractivity contribution in [3.05, 3.63) is 71.0 Å². The first-order valence-corrected chi connectivity index (χ1v) is 11.2. The van der Waals surface area contributed by atoms with Gasteiger partial charge in [-0.2, -0.15) is 0 Å². The molecule has 32 heavy (non-hydrogen) atoms. The summed E-state index contributed by atoms with van der Waals surface area (Å²) >= 11 is 6.44. The topological polar surface area (TPSA) is 75.9 Å². The van der Waals surface area contributed by atoms with Crippen LogP contribution in [0.25, 0.3) is 11.1 Å². The van der Waals surface area contributed by atoms with E-state index in [1.165, 1.54) is 12.1 Å². The SMILES string of the molecule is NC[C@H]1CC[C@H](Nc2cc(-c3ccnc(NCc4cc(F)cc(F)c4)c3)c(Cl)cn2)CC1. The van der Waals surface area contributed by atoms with Crippen LogP contribution in [0.2, 0.25) is 5.02 Å². The lowest BCUT2D eigenvalue weighted by Gasteiger charge is -2.28. The maximum atomic E-state index is 13.4. The van der Waals surface area contributed by atoms with Crippen molar-refractivity contribution in [2.45, 2.75) is 38.3 Å². The van der Waals surface area contributed by atoms with Crippen LogP contribution in [0.3, 0.4) is 0 Å². The number of hydrogen-bond donors (Lipinski definition) is 3. The third kappa shape index (κ3) is 5.72. The molecule has 0 spiro atoms. The van der Waals surface area contributed by atoms with Crippen molar-refractivity contribution in [2.24, 2.45) is 11.7 Å². The van der Waals surface area contributed by atoms with Crippen molar-refractivity contribution >= 4 is 23.2 Å². The Hall–Kier alpha value is -2.77. The van der Waals surface area contributed by atoms with Gasteiger partial charge in [0.2, 0.25) is 0 Å². The molecule has 1 aromatic carbocycles. The number of anilines is 2. The van der Waals surface area contributed by atoms with E-state index in [0.717, 1.165) is 55.2 Å². The van der Waals surface area contributed by atoms with Crippen LogP contribution in [0, 0.1) is 17.6 Å². The van der Waals surface area contributed by atoms with Crippen molar-refractivity contribution in [3.63, 3.8) is 0 Å². The number of halogens is 3. The maximum Gasteiger partial charge on any atom is 0.126 e. The number of nitrogens with zero attached hydrogens (tertiary/aromatic N) is 2. The van der Waals surface area contributed by atoms with E-state index in [1.54, 1.807) is 12.4 Å². The summed E-state index contributed by atoms with van der Waals surface area (Å²) in [7, 11) is 0. The van der Waals surface area contributed by atoms with Gasteiger partial charge < -0.3 is 16.4 Å².